The van der Waals surface area contributed by atoms with Crippen molar-refractivity contribution in [3.8, 4) is 0 Å². The zero-order valence-electron chi connectivity index (χ0n) is 10.4. The Balaban J connectivity index is 2.86. The van der Waals surface area contributed by atoms with Crippen LogP contribution in [0.4, 0.5) is 0 Å². The van der Waals surface area contributed by atoms with Gasteiger partial charge in [0.05, 0.1) is 5.54 Å². The zero-order valence-corrected chi connectivity index (χ0v) is 10.4. The van der Waals surface area contributed by atoms with Crippen LogP contribution in [0.2, 0.25) is 0 Å². The Bertz CT molecular complexity index is 442. The van der Waals surface area contributed by atoms with E-state index in [9.17, 15) is 4.79 Å². The second-order valence-electron chi connectivity index (χ2n) is 4.36. The van der Waals surface area contributed by atoms with E-state index in [4.69, 9.17) is 10.9 Å². The smallest absolute Gasteiger partial charge is 0.272 e. The molecule has 0 atom stereocenters. The zero-order chi connectivity index (χ0) is 13.2. The van der Waals surface area contributed by atoms with Gasteiger partial charge in [0, 0.05) is 12.7 Å². The van der Waals surface area contributed by atoms with Gasteiger partial charge in [0.25, 0.3) is 5.91 Å². The summed E-state index contributed by atoms with van der Waals surface area (Å²) in [5, 5.41) is 18.2. The first-order chi connectivity index (χ1) is 7.77. The molecule has 0 spiro atoms. The Morgan fingerprint density at radius 3 is 2.65 bits per heavy atom. The van der Waals surface area contributed by atoms with E-state index < -0.39 is 5.54 Å². The Morgan fingerprint density at radius 2 is 2.24 bits per heavy atom. The molecule has 1 amide bonds. The summed E-state index contributed by atoms with van der Waals surface area (Å²) in [4.78, 5) is 11.9. The van der Waals surface area contributed by atoms with Crippen molar-refractivity contribution in [2.45, 2.75) is 26.3 Å². The number of hydrogen-bond donors (Lipinski definition) is 3. The average molecular weight is 239 g/mol. The molecular weight excluding hydrogens is 222 g/mol. The first-order valence-corrected chi connectivity index (χ1v) is 5.09. The molecule has 94 valence electrons. The van der Waals surface area contributed by atoms with Crippen LogP contribution in [-0.4, -0.2) is 32.3 Å². The van der Waals surface area contributed by atoms with E-state index in [1.807, 2.05) is 6.92 Å². The standard InChI is InChI=1S/C10H17N5O2/c1-6-5-7(13-15(6)4)8(16)12-10(2,3)9(11)14-17/h5,17H,1-4H3,(H2,11,14)(H,12,16). The van der Waals surface area contributed by atoms with Crippen molar-refractivity contribution >= 4 is 11.7 Å². The fraction of sp³-hybridized carbons (Fsp3) is 0.500. The third kappa shape index (κ3) is 2.74. The summed E-state index contributed by atoms with van der Waals surface area (Å²) < 4.78 is 1.60. The van der Waals surface area contributed by atoms with Crippen LogP contribution in [0.3, 0.4) is 0 Å². The van der Waals surface area contributed by atoms with E-state index in [2.05, 4.69) is 15.6 Å². The van der Waals surface area contributed by atoms with Gasteiger partial charge in [0.1, 0.15) is 5.69 Å². The first kappa shape index (κ1) is 13.0. The van der Waals surface area contributed by atoms with Crippen LogP contribution in [0, 0.1) is 6.92 Å². The van der Waals surface area contributed by atoms with Crippen molar-refractivity contribution in [1.82, 2.24) is 15.1 Å². The predicted molar refractivity (Wildman–Crippen MR) is 62.9 cm³/mol. The molecule has 7 nitrogen and oxygen atoms in total. The molecule has 4 N–H and O–H groups in total. The average Bonchev–Trinajstić information content (AvgIpc) is 2.57. The van der Waals surface area contributed by atoms with Crippen LogP contribution < -0.4 is 11.1 Å². The fourth-order valence-corrected chi connectivity index (χ4v) is 1.21. The van der Waals surface area contributed by atoms with Gasteiger partial charge in [-0.05, 0) is 26.8 Å². The number of amides is 1. The van der Waals surface area contributed by atoms with Crippen molar-refractivity contribution in [1.29, 1.82) is 0 Å². The van der Waals surface area contributed by atoms with E-state index in [1.54, 1.807) is 31.6 Å². The van der Waals surface area contributed by atoms with Gasteiger partial charge in [0.2, 0.25) is 0 Å². The summed E-state index contributed by atoms with van der Waals surface area (Å²) in [7, 11) is 1.75. The number of aryl methyl sites for hydroxylation is 2. The van der Waals surface area contributed by atoms with Gasteiger partial charge >= 0.3 is 0 Å². The van der Waals surface area contributed by atoms with Crippen molar-refractivity contribution in [3.05, 3.63) is 17.5 Å². The molecule has 7 heteroatoms. The summed E-state index contributed by atoms with van der Waals surface area (Å²) in [5.74, 6) is -0.441. The highest BCUT2D eigenvalue weighted by Gasteiger charge is 2.27. The van der Waals surface area contributed by atoms with E-state index >= 15 is 0 Å². The molecule has 1 rings (SSSR count). The Morgan fingerprint density at radius 1 is 1.65 bits per heavy atom. The molecule has 1 aromatic heterocycles. The van der Waals surface area contributed by atoms with Crippen molar-refractivity contribution in [2.75, 3.05) is 0 Å². The number of aromatic nitrogens is 2. The van der Waals surface area contributed by atoms with Crippen molar-refractivity contribution in [2.24, 2.45) is 17.9 Å². The van der Waals surface area contributed by atoms with E-state index in [-0.39, 0.29) is 11.7 Å². The number of carbonyl (C=O) groups excluding carboxylic acids is 1. The van der Waals surface area contributed by atoms with Crippen LogP contribution in [0.15, 0.2) is 11.2 Å². The minimum absolute atomic E-state index is 0.0708. The molecule has 0 saturated carbocycles. The number of carbonyl (C=O) groups is 1. The minimum atomic E-state index is -0.933. The van der Waals surface area contributed by atoms with Gasteiger partial charge in [-0.25, -0.2) is 0 Å². The SMILES string of the molecule is Cc1cc(C(=O)NC(C)(C)C(N)=NO)nn1C. The number of oxime groups is 1. The lowest BCUT2D eigenvalue weighted by Crippen LogP contribution is -2.53. The highest BCUT2D eigenvalue weighted by Crippen LogP contribution is 2.06. The minimum Gasteiger partial charge on any atom is -0.409 e. The number of hydrogen-bond acceptors (Lipinski definition) is 4. The highest BCUT2D eigenvalue weighted by atomic mass is 16.4. The van der Waals surface area contributed by atoms with Crippen LogP contribution in [0.25, 0.3) is 0 Å². The third-order valence-electron chi connectivity index (χ3n) is 2.52. The number of nitrogens with one attached hydrogen (secondary N) is 1. The van der Waals surface area contributed by atoms with Crippen LogP contribution in [0.5, 0.6) is 0 Å². The second kappa shape index (κ2) is 4.44. The molecular formula is C10H17N5O2. The number of rotatable bonds is 3. The lowest BCUT2D eigenvalue weighted by atomic mass is 10.0. The van der Waals surface area contributed by atoms with Gasteiger partial charge in [-0.2, -0.15) is 5.10 Å². The first-order valence-electron chi connectivity index (χ1n) is 5.09. The fourth-order valence-electron chi connectivity index (χ4n) is 1.21. The summed E-state index contributed by atoms with van der Waals surface area (Å²) in [5.41, 5.74) is 5.71. The molecule has 0 saturated heterocycles. The normalized spacial score (nSPS) is 12.6. The molecule has 0 aromatic carbocycles. The monoisotopic (exact) mass is 239 g/mol. The molecule has 1 heterocycles. The second-order valence-corrected chi connectivity index (χ2v) is 4.36. The molecule has 0 aliphatic heterocycles. The van der Waals surface area contributed by atoms with Gasteiger partial charge in [-0.15, -0.1) is 0 Å². The molecule has 0 radical (unpaired) electrons. The molecule has 0 fully saturated rings. The molecule has 17 heavy (non-hydrogen) atoms. The van der Waals surface area contributed by atoms with Crippen LogP contribution in [0.1, 0.15) is 30.0 Å². The molecule has 0 bridgehead atoms. The summed E-state index contributed by atoms with van der Waals surface area (Å²) in [6, 6.07) is 1.66. The number of amidine groups is 1. The van der Waals surface area contributed by atoms with Gasteiger partial charge in [-0.1, -0.05) is 5.16 Å². The Kier molecular flexibility index (Phi) is 3.40. The van der Waals surface area contributed by atoms with Gasteiger partial charge in [0.15, 0.2) is 5.84 Å². The maximum Gasteiger partial charge on any atom is 0.272 e. The van der Waals surface area contributed by atoms with E-state index in [1.165, 1.54) is 0 Å². The topological polar surface area (TPSA) is 106 Å². The molecule has 0 aliphatic carbocycles. The van der Waals surface area contributed by atoms with E-state index in [0.717, 1.165) is 5.69 Å². The van der Waals surface area contributed by atoms with Gasteiger partial charge in [-0.3, -0.25) is 9.48 Å². The largest absolute Gasteiger partial charge is 0.409 e. The maximum atomic E-state index is 11.9. The maximum absolute atomic E-state index is 11.9. The lowest BCUT2D eigenvalue weighted by Gasteiger charge is -2.23. The van der Waals surface area contributed by atoms with Crippen molar-refractivity contribution in [3.63, 3.8) is 0 Å². The van der Waals surface area contributed by atoms with Crippen LogP contribution in [-0.2, 0) is 7.05 Å². The Hall–Kier alpha value is -2.05. The molecule has 0 unspecified atom stereocenters. The van der Waals surface area contributed by atoms with Gasteiger partial charge < -0.3 is 16.3 Å². The summed E-state index contributed by atoms with van der Waals surface area (Å²) in [6.45, 7) is 5.12. The number of nitrogens with zero attached hydrogens (tertiary/aromatic N) is 3. The van der Waals surface area contributed by atoms with Crippen LogP contribution >= 0.6 is 0 Å². The highest BCUT2D eigenvalue weighted by molar-refractivity contribution is 5.98. The number of nitrogens with two attached hydrogens (primary N) is 1. The summed E-state index contributed by atoms with van der Waals surface area (Å²) >= 11 is 0. The summed E-state index contributed by atoms with van der Waals surface area (Å²) in [6.07, 6.45) is 0. The predicted octanol–water partition coefficient (Wildman–Crippen LogP) is -0.0167. The van der Waals surface area contributed by atoms with Crippen molar-refractivity contribution < 1.29 is 10.0 Å². The Labute approximate surface area is 99.3 Å². The lowest BCUT2D eigenvalue weighted by molar-refractivity contribution is 0.0925. The molecule has 1 aromatic rings. The van der Waals surface area contributed by atoms with E-state index in [0.29, 0.717) is 5.69 Å². The third-order valence-corrected chi connectivity index (χ3v) is 2.52. The quantitative estimate of drug-likeness (QED) is 0.298. The molecule has 0 aliphatic rings.